The molecule has 0 heterocycles. The third-order valence-corrected chi connectivity index (χ3v) is 1.69. The van der Waals surface area contributed by atoms with Crippen LogP contribution in [0.1, 0.15) is 19.8 Å². The molecule has 90 valence electrons. The van der Waals surface area contributed by atoms with Gasteiger partial charge in [0, 0.05) is 19.1 Å². The smallest absolute Gasteiger partial charge is 0.261 e. The molecule has 0 aliphatic heterocycles. The lowest BCUT2D eigenvalue weighted by Gasteiger charge is -2.12. The van der Waals surface area contributed by atoms with E-state index in [4.69, 9.17) is 5.11 Å². The van der Waals surface area contributed by atoms with Crippen molar-refractivity contribution in [3.8, 4) is 0 Å². The van der Waals surface area contributed by atoms with Gasteiger partial charge in [0.1, 0.15) is 6.61 Å². The van der Waals surface area contributed by atoms with Gasteiger partial charge in [0.15, 0.2) is 0 Å². The molecular weight excluding hydrogens is 208 g/mol. The number of carbonyl (C=O) groups is 1. The van der Waals surface area contributed by atoms with E-state index >= 15 is 0 Å². The predicted octanol–water partition coefficient (Wildman–Crippen LogP) is 0.545. The van der Waals surface area contributed by atoms with Crippen molar-refractivity contribution in [2.45, 2.75) is 32.2 Å². The maximum Gasteiger partial charge on any atom is 0.261 e. The molecule has 4 nitrogen and oxygen atoms in total. The van der Waals surface area contributed by atoms with Crippen molar-refractivity contribution >= 4 is 5.91 Å². The summed E-state index contributed by atoms with van der Waals surface area (Å²) in [6.45, 7) is 1.11. The molecule has 6 heteroatoms. The van der Waals surface area contributed by atoms with Crippen LogP contribution in [0.3, 0.4) is 0 Å². The zero-order valence-corrected chi connectivity index (χ0v) is 8.71. The summed E-state index contributed by atoms with van der Waals surface area (Å²) < 4.78 is 27.8. The Kier molecular flexibility index (Phi) is 8.12. The second kappa shape index (κ2) is 8.55. The minimum atomic E-state index is -2.50. The molecule has 0 fully saturated rings. The lowest BCUT2D eigenvalue weighted by molar-refractivity contribution is -0.123. The van der Waals surface area contributed by atoms with E-state index in [1.807, 2.05) is 0 Å². The topological polar surface area (TPSA) is 58.6 Å². The van der Waals surface area contributed by atoms with Gasteiger partial charge in [-0.3, -0.25) is 4.79 Å². The second-order valence-electron chi connectivity index (χ2n) is 3.20. The summed E-state index contributed by atoms with van der Waals surface area (Å²) in [4.78, 5) is 11.1. The number of nitrogens with one attached hydrogen (secondary N) is 1. The third kappa shape index (κ3) is 9.55. The molecule has 0 spiro atoms. The Hall–Kier alpha value is -0.750. The van der Waals surface area contributed by atoms with Gasteiger partial charge in [0.25, 0.3) is 6.43 Å². The maximum atomic E-state index is 11.6. The molecule has 1 unspecified atom stereocenters. The second-order valence-corrected chi connectivity index (χ2v) is 3.20. The van der Waals surface area contributed by atoms with Gasteiger partial charge in [0.05, 0.1) is 6.61 Å². The number of carbonyl (C=O) groups excluding carboxylic acids is 1. The zero-order valence-electron chi connectivity index (χ0n) is 8.71. The molecule has 0 bridgehead atoms. The summed E-state index contributed by atoms with van der Waals surface area (Å²) >= 11 is 0. The number of alkyl halides is 2. The highest BCUT2D eigenvalue weighted by atomic mass is 19.3. The number of hydrogen-bond donors (Lipinski definition) is 2. The molecule has 0 rings (SSSR count). The number of hydrogen-bond acceptors (Lipinski definition) is 3. The van der Waals surface area contributed by atoms with Crippen LogP contribution in [-0.2, 0) is 9.53 Å². The Bertz CT molecular complexity index is 179. The van der Waals surface area contributed by atoms with Crippen LogP contribution >= 0.6 is 0 Å². The van der Waals surface area contributed by atoms with E-state index in [0.29, 0.717) is 6.42 Å². The fourth-order valence-corrected chi connectivity index (χ4v) is 0.950. The van der Waals surface area contributed by atoms with Gasteiger partial charge < -0.3 is 15.2 Å². The highest BCUT2D eigenvalue weighted by Crippen LogP contribution is 1.94. The summed E-state index contributed by atoms with van der Waals surface area (Å²) in [6.07, 6.45) is -1.96. The number of aliphatic hydroxyl groups is 1. The molecule has 1 amide bonds. The van der Waals surface area contributed by atoms with E-state index in [-0.39, 0.29) is 31.6 Å². The Labute approximate surface area is 87.6 Å². The van der Waals surface area contributed by atoms with Gasteiger partial charge in [-0.05, 0) is 13.3 Å². The van der Waals surface area contributed by atoms with E-state index in [9.17, 15) is 13.6 Å². The number of rotatable bonds is 8. The minimum Gasteiger partial charge on any atom is -0.396 e. The molecule has 0 radical (unpaired) electrons. The Morgan fingerprint density at radius 3 is 2.73 bits per heavy atom. The van der Waals surface area contributed by atoms with Crippen LogP contribution in [0.4, 0.5) is 8.78 Å². The molecule has 15 heavy (non-hydrogen) atoms. The van der Waals surface area contributed by atoms with E-state index in [2.05, 4.69) is 10.1 Å². The first-order chi connectivity index (χ1) is 7.06. The van der Waals surface area contributed by atoms with E-state index in [1.165, 1.54) is 0 Å². The SMILES string of the molecule is CC(CCO)NC(=O)CCOCC(F)F. The summed E-state index contributed by atoms with van der Waals surface area (Å²) in [5.41, 5.74) is 0. The molecule has 0 aromatic heterocycles. The number of halogens is 2. The van der Waals surface area contributed by atoms with Crippen LogP contribution in [0.15, 0.2) is 0 Å². The van der Waals surface area contributed by atoms with E-state index in [0.717, 1.165) is 0 Å². The molecule has 0 aliphatic rings. The Morgan fingerprint density at radius 1 is 1.53 bits per heavy atom. The van der Waals surface area contributed by atoms with Crippen LogP contribution in [0, 0.1) is 0 Å². The highest BCUT2D eigenvalue weighted by molar-refractivity contribution is 5.76. The van der Waals surface area contributed by atoms with Crippen molar-refractivity contribution in [1.29, 1.82) is 0 Å². The monoisotopic (exact) mass is 225 g/mol. The van der Waals surface area contributed by atoms with Crippen molar-refractivity contribution in [2.24, 2.45) is 0 Å². The summed E-state index contributed by atoms with van der Waals surface area (Å²) in [5, 5.41) is 11.2. The van der Waals surface area contributed by atoms with Gasteiger partial charge in [0.2, 0.25) is 5.91 Å². The molecule has 0 aliphatic carbocycles. The van der Waals surface area contributed by atoms with Gasteiger partial charge in [-0.2, -0.15) is 0 Å². The number of amides is 1. The molecule has 1 atom stereocenters. The Morgan fingerprint density at radius 2 is 2.20 bits per heavy atom. The van der Waals surface area contributed by atoms with Crippen molar-refractivity contribution in [2.75, 3.05) is 19.8 Å². The van der Waals surface area contributed by atoms with Crippen LogP contribution < -0.4 is 5.32 Å². The summed E-state index contributed by atoms with van der Waals surface area (Å²) in [5.74, 6) is -0.259. The standard InChI is InChI=1S/C9H17F2NO3/c1-7(2-4-13)12-9(14)3-5-15-6-8(10)11/h7-8,13H,2-6H2,1H3,(H,12,14). The first-order valence-electron chi connectivity index (χ1n) is 4.82. The summed E-state index contributed by atoms with van der Waals surface area (Å²) in [7, 11) is 0. The first-order valence-corrected chi connectivity index (χ1v) is 4.82. The van der Waals surface area contributed by atoms with Crippen molar-refractivity contribution < 1.29 is 23.4 Å². The van der Waals surface area contributed by atoms with Crippen LogP contribution in [-0.4, -0.2) is 43.3 Å². The van der Waals surface area contributed by atoms with Crippen LogP contribution in [0.25, 0.3) is 0 Å². The van der Waals surface area contributed by atoms with Gasteiger partial charge in [-0.25, -0.2) is 8.78 Å². The minimum absolute atomic E-state index is 0.00330. The highest BCUT2D eigenvalue weighted by Gasteiger charge is 2.07. The largest absolute Gasteiger partial charge is 0.396 e. The molecule has 0 aromatic carbocycles. The molecular formula is C9H17F2NO3. The van der Waals surface area contributed by atoms with E-state index in [1.54, 1.807) is 6.92 Å². The predicted molar refractivity (Wildman–Crippen MR) is 50.7 cm³/mol. The number of ether oxygens (including phenoxy) is 1. The van der Waals surface area contributed by atoms with Gasteiger partial charge >= 0.3 is 0 Å². The van der Waals surface area contributed by atoms with Crippen molar-refractivity contribution in [1.82, 2.24) is 5.32 Å². The fourth-order valence-electron chi connectivity index (χ4n) is 0.950. The molecule has 0 aromatic rings. The van der Waals surface area contributed by atoms with Crippen LogP contribution in [0.2, 0.25) is 0 Å². The van der Waals surface area contributed by atoms with Gasteiger partial charge in [-0.1, -0.05) is 0 Å². The van der Waals surface area contributed by atoms with Crippen molar-refractivity contribution in [3.05, 3.63) is 0 Å². The lowest BCUT2D eigenvalue weighted by atomic mass is 10.2. The van der Waals surface area contributed by atoms with Crippen molar-refractivity contribution in [3.63, 3.8) is 0 Å². The maximum absolute atomic E-state index is 11.6. The lowest BCUT2D eigenvalue weighted by Crippen LogP contribution is -2.33. The fraction of sp³-hybridized carbons (Fsp3) is 0.889. The zero-order chi connectivity index (χ0) is 11.7. The van der Waals surface area contributed by atoms with Gasteiger partial charge in [-0.15, -0.1) is 0 Å². The average molecular weight is 225 g/mol. The normalized spacial score (nSPS) is 12.9. The first kappa shape index (κ1) is 14.2. The molecule has 0 saturated carbocycles. The Balaban J connectivity index is 3.40. The average Bonchev–Trinajstić information content (AvgIpc) is 2.12. The molecule has 2 N–H and O–H groups in total. The van der Waals surface area contributed by atoms with E-state index < -0.39 is 13.0 Å². The number of aliphatic hydroxyl groups excluding tert-OH is 1. The molecule has 0 saturated heterocycles. The third-order valence-electron chi connectivity index (χ3n) is 1.69. The summed E-state index contributed by atoms with van der Waals surface area (Å²) in [6, 6.07) is -0.113. The quantitative estimate of drug-likeness (QED) is 0.593. The van der Waals surface area contributed by atoms with Crippen LogP contribution in [0.5, 0.6) is 0 Å².